The van der Waals surface area contributed by atoms with Crippen molar-refractivity contribution < 1.29 is 10.2 Å². The summed E-state index contributed by atoms with van der Waals surface area (Å²) < 4.78 is 0. The molecule has 1 aromatic rings. The van der Waals surface area contributed by atoms with Crippen LogP contribution in [0.2, 0.25) is 0 Å². The molecule has 1 heterocycles. The monoisotopic (exact) mass is 275 g/mol. The fourth-order valence-electron chi connectivity index (χ4n) is 2.89. The highest BCUT2D eigenvalue weighted by Gasteiger charge is 2.27. The molecule has 0 amide bonds. The molecule has 2 rings (SSSR count). The molecule has 110 valence electrons. The molecular formula is C17H25NO2. The fraction of sp³-hybridized carbons (Fsp3) is 0.529. The number of hydrogen-bond donors (Lipinski definition) is 2. The van der Waals surface area contributed by atoms with Crippen molar-refractivity contribution in [2.45, 2.75) is 50.5 Å². The lowest BCUT2D eigenvalue weighted by molar-refractivity contribution is 0.0783. The standard InChI is InChI=1S/C17H25NO2/c1-13(19)11-15-9-6-10-16(18(15)2)12-17(20)14-7-4-3-5-8-14/h3-9,13,15-17,19-20H,10-12H2,1-2H3/t13-,15+,16+,17+/m1/s1. The molecular weight excluding hydrogens is 250 g/mol. The van der Waals surface area contributed by atoms with E-state index in [1.165, 1.54) is 0 Å². The zero-order chi connectivity index (χ0) is 14.5. The van der Waals surface area contributed by atoms with Crippen molar-refractivity contribution in [2.75, 3.05) is 7.05 Å². The van der Waals surface area contributed by atoms with Crippen molar-refractivity contribution in [2.24, 2.45) is 0 Å². The summed E-state index contributed by atoms with van der Waals surface area (Å²) in [5, 5.41) is 19.9. The second kappa shape index (κ2) is 7.02. The maximum atomic E-state index is 10.4. The van der Waals surface area contributed by atoms with Crippen LogP contribution in [0.4, 0.5) is 0 Å². The lowest BCUT2D eigenvalue weighted by atomic mass is 9.93. The Morgan fingerprint density at radius 3 is 2.55 bits per heavy atom. The second-order valence-electron chi connectivity index (χ2n) is 5.80. The zero-order valence-electron chi connectivity index (χ0n) is 12.3. The van der Waals surface area contributed by atoms with Crippen molar-refractivity contribution in [3.63, 3.8) is 0 Å². The predicted octanol–water partition coefficient (Wildman–Crippen LogP) is 2.51. The van der Waals surface area contributed by atoms with Crippen LogP contribution >= 0.6 is 0 Å². The summed E-state index contributed by atoms with van der Waals surface area (Å²) in [7, 11) is 2.08. The normalized spacial score (nSPS) is 26.4. The first-order valence-corrected chi connectivity index (χ1v) is 7.37. The summed E-state index contributed by atoms with van der Waals surface area (Å²) in [6, 6.07) is 10.4. The molecule has 2 N–H and O–H groups in total. The quantitative estimate of drug-likeness (QED) is 0.812. The van der Waals surface area contributed by atoms with Gasteiger partial charge >= 0.3 is 0 Å². The van der Waals surface area contributed by atoms with Crippen LogP contribution in [-0.4, -0.2) is 40.3 Å². The van der Waals surface area contributed by atoms with Gasteiger partial charge in [0.2, 0.25) is 0 Å². The number of hydrogen-bond acceptors (Lipinski definition) is 3. The van der Waals surface area contributed by atoms with Crippen LogP contribution in [0, 0.1) is 0 Å². The van der Waals surface area contributed by atoms with E-state index in [1.54, 1.807) is 0 Å². The second-order valence-corrected chi connectivity index (χ2v) is 5.80. The Kier molecular flexibility index (Phi) is 5.35. The number of rotatable bonds is 5. The van der Waals surface area contributed by atoms with Gasteiger partial charge in [-0.25, -0.2) is 0 Å². The van der Waals surface area contributed by atoms with E-state index in [9.17, 15) is 10.2 Å². The fourth-order valence-corrected chi connectivity index (χ4v) is 2.89. The number of likely N-dealkylation sites (N-methyl/N-ethyl adjacent to an activating group) is 1. The summed E-state index contributed by atoms with van der Waals surface area (Å²) in [5.74, 6) is 0. The molecule has 4 atom stereocenters. The van der Waals surface area contributed by atoms with E-state index < -0.39 is 6.10 Å². The molecule has 20 heavy (non-hydrogen) atoms. The van der Waals surface area contributed by atoms with E-state index in [-0.39, 0.29) is 12.1 Å². The van der Waals surface area contributed by atoms with Crippen molar-refractivity contribution in [1.82, 2.24) is 4.90 Å². The van der Waals surface area contributed by atoms with Gasteiger partial charge in [0.05, 0.1) is 12.2 Å². The lowest BCUT2D eigenvalue weighted by Gasteiger charge is -2.38. The van der Waals surface area contributed by atoms with E-state index in [2.05, 4.69) is 24.1 Å². The summed E-state index contributed by atoms with van der Waals surface area (Å²) in [5.41, 5.74) is 0.975. The Morgan fingerprint density at radius 1 is 1.20 bits per heavy atom. The van der Waals surface area contributed by atoms with Crippen LogP contribution in [0.3, 0.4) is 0 Å². The van der Waals surface area contributed by atoms with Crippen LogP contribution in [-0.2, 0) is 0 Å². The smallest absolute Gasteiger partial charge is 0.0805 e. The summed E-state index contributed by atoms with van der Waals surface area (Å²) in [6.45, 7) is 1.82. The van der Waals surface area contributed by atoms with E-state index in [0.29, 0.717) is 6.04 Å². The van der Waals surface area contributed by atoms with Crippen LogP contribution < -0.4 is 0 Å². The molecule has 0 bridgehead atoms. The third-order valence-electron chi connectivity index (χ3n) is 4.13. The minimum absolute atomic E-state index is 0.261. The summed E-state index contributed by atoms with van der Waals surface area (Å²) in [6.07, 6.45) is 6.03. The van der Waals surface area contributed by atoms with E-state index >= 15 is 0 Å². The van der Waals surface area contributed by atoms with Gasteiger partial charge in [-0.05, 0) is 38.8 Å². The number of aliphatic hydroxyl groups is 2. The van der Waals surface area contributed by atoms with Crippen LogP contribution in [0.5, 0.6) is 0 Å². The van der Waals surface area contributed by atoms with Gasteiger partial charge in [-0.15, -0.1) is 0 Å². The van der Waals surface area contributed by atoms with Gasteiger partial charge in [0.15, 0.2) is 0 Å². The molecule has 3 heteroatoms. The SMILES string of the molecule is C[C@@H](O)C[C@@H]1C=CC[C@@H](C[C@H](O)c2ccccc2)N1C. The Bertz CT molecular complexity index is 430. The molecule has 0 unspecified atom stereocenters. The van der Waals surface area contributed by atoms with Gasteiger partial charge in [-0.3, -0.25) is 4.90 Å². The Labute approximate surface area is 121 Å². The Hall–Kier alpha value is -1.16. The predicted molar refractivity (Wildman–Crippen MR) is 81.4 cm³/mol. The largest absolute Gasteiger partial charge is 0.393 e. The van der Waals surface area contributed by atoms with Crippen molar-refractivity contribution in [3.05, 3.63) is 48.0 Å². The summed E-state index contributed by atoms with van der Waals surface area (Å²) in [4.78, 5) is 2.28. The molecule has 1 aliphatic rings. The van der Waals surface area contributed by atoms with E-state index in [0.717, 1.165) is 24.8 Å². The maximum Gasteiger partial charge on any atom is 0.0805 e. The average molecular weight is 275 g/mol. The minimum Gasteiger partial charge on any atom is -0.393 e. The molecule has 0 aromatic heterocycles. The highest BCUT2D eigenvalue weighted by Crippen LogP contribution is 2.27. The zero-order valence-corrected chi connectivity index (χ0v) is 12.3. The average Bonchev–Trinajstić information content (AvgIpc) is 2.43. The van der Waals surface area contributed by atoms with Crippen LogP contribution in [0.1, 0.15) is 37.9 Å². The first-order valence-electron chi connectivity index (χ1n) is 7.37. The third-order valence-corrected chi connectivity index (χ3v) is 4.13. The molecule has 0 aliphatic carbocycles. The molecule has 0 fully saturated rings. The van der Waals surface area contributed by atoms with E-state index in [1.807, 2.05) is 37.3 Å². The molecule has 1 aliphatic heterocycles. The van der Waals surface area contributed by atoms with Gasteiger partial charge in [0.1, 0.15) is 0 Å². The van der Waals surface area contributed by atoms with Gasteiger partial charge in [0, 0.05) is 12.1 Å². The molecule has 3 nitrogen and oxygen atoms in total. The van der Waals surface area contributed by atoms with Crippen molar-refractivity contribution >= 4 is 0 Å². The molecule has 0 radical (unpaired) electrons. The van der Waals surface area contributed by atoms with Crippen LogP contribution in [0.15, 0.2) is 42.5 Å². The van der Waals surface area contributed by atoms with E-state index in [4.69, 9.17) is 0 Å². The number of nitrogens with zero attached hydrogens (tertiary/aromatic N) is 1. The van der Waals surface area contributed by atoms with Gasteiger partial charge < -0.3 is 10.2 Å². The first kappa shape index (κ1) is 15.2. The first-order chi connectivity index (χ1) is 9.58. The van der Waals surface area contributed by atoms with Gasteiger partial charge in [-0.1, -0.05) is 42.5 Å². The highest BCUT2D eigenvalue weighted by molar-refractivity contribution is 5.18. The van der Waals surface area contributed by atoms with Gasteiger partial charge in [-0.2, -0.15) is 0 Å². The van der Waals surface area contributed by atoms with Crippen molar-refractivity contribution in [3.8, 4) is 0 Å². The van der Waals surface area contributed by atoms with Gasteiger partial charge in [0.25, 0.3) is 0 Å². The maximum absolute atomic E-state index is 10.4. The Morgan fingerprint density at radius 2 is 1.90 bits per heavy atom. The lowest BCUT2D eigenvalue weighted by Crippen LogP contribution is -2.43. The third kappa shape index (κ3) is 3.92. The van der Waals surface area contributed by atoms with Crippen molar-refractivity contribution in [1.29, 1.82) is 0 Å². The number of benzene rings is 1. The minimum atomic E-state index is -0.428. The highest BCUT2D eigenvalue weighted by atomic mass is 16.3. The molecule has 1 aromatic carbocycles. The molecule has 0 saturated carbocycles. The summed E-state index contributed by atoms with van der Waals surface area (Å²) >= 11 is 0. The number of aliphatic hydroxyl groups excluding tert-OH is 2. The Balaban J connectivity index is 1.97. The molecule has 0 spiro atoms. The topological polar surface area (TPSA) is 43.7 Å². The van der Waals surface area contributed by atoms with Crippen LogP contribution in [0.25, 0.3) is 0 Å². The molecule has 0 saturated heterocycles.